The van der Waals surface area contributed by atoms with Crippen molar-refractivity contribution in [3.8, 4) is 0 Å². The number of hydrogen-bond donors (Lipinski definition) is 0. The molecule has 0 heterocycles. The van der Waals surface area contributed by atoms with E-state index in [1.54, 1.807) is 0 Å². The fraction of sp³-hybridized carbons (Fsp3) is 1.00. The molecule has 0 radical (unpaired) electrons. The third-order valence-electron chi connectivity index (χ3n) is 8.87. The summed E-state index contributed by atoms with van der Waals surface area (Å²) in [5.74, 6) is 0. The summed E-state index contributed by atoms with van der Waals surface area (Å²) in [6, 6.07) is 0. The standard InChI is InChI=1S/4C10H23O3P.Mo/c4*1-2-3-4-5-6-7-8-9-10-13-14(11)12;/h4*14H,2-10H2,1H3,(H,11,12);/q;;;;+4/p-4. The topological polar surface area (TPSA) is 197 Å². The van der Waals surface area contributed by atoms with E-state index >= 15 is 0 Å². The van der Waals surface area contributed by atoms with Crippen molar-refractivity contribution in [2.45, 2.75) is 233 Å². The van der Waals surface area contributed by atoms with Crippen molar-refractivity contribution in [1.29, 1.82) is 0 Å². The number of hydrogen-bond acceptors (Lipinski definition) is 12. The van der Waals surface area contributed by atoms with Gasteiger partial charge in [0.2, 0.25) is 0 Å². The van der Waals surface area contributed by atoms with Crippen LogP contribution in [0.1, 0.15) is 233 Å². The predicted octanol–water partition coefficient (Wildman–Crippen LogP) is 11.6. The first-order chi connectivity index (χ1) is 27.1. The second-order valence-electron chi connectivity index (χ2n) is 14.3. The Labute approximate surface area is 368 Å². The molecule has 12 nitrogen and oxygen atoms in total. The maximum Gasteiger partial charge on any atom is 4.00 e. The molecule has 0 amide bonds. The summed E-state index contributed by atoms with van der Waals surface area (Å²) >= 11 is 0. The van der Waals surface area contributed by atoms with Gasteiger partial charge in [-0.1, -0.05) is 207 Å². The Hall–Kier alpha value is 1.29. The van der Waals surface area contributed by atoms with Crippen LogP contribution in [0.2, 0.25) is 0 Å². The first-order valence-corrected chi connectivity index (χ1v) is 27.3. The smallest absolute Gasteiger partial charge is 0.781 e. The molecule has 0 saturated carbocycles. The Kier molecular flexibility index (Phi) is 75.5. The molecule has 0 aromatic carbocycles. The van der Waals surface area contributed by atoms with E-state index in [2.05, 4.69) is 45.8 Å². The summed E-state index contributed by atoms with van der Waals surface area (Å²) in [4.78, 5) is 40.2. The van der Waals surface area contributed by atoms with Crippen molar-refractivity contribution in [2.75, 3.05) is 26.4 Å². The van der Waals surface area contributed by atoms with Crippen LogP contribution < -0.4 is 19.6 Å². The Morgan fingerprint density at radius 2 is 0.386 bits per heavy atom. The second-order valence-corrected chi connectivity index (χ2v) is 17.4. The molecule has 0 bridgehead atoms. The molecule has 0 aliphatic heterocycles. The molecular weight excluding hydrogens is 892 g/mol. The average Bonchev–Trinajstić information content (AvgIpc) is 3.15. The molecule has 17 heteroatoms. The summed E-state index contributed by atoms with van der Waals surface area (Å²) in [7, 11) is -11.8. The molecule has 0 aromatic rings. The quantitative estimate of drug-likeness (QED) is 0.0320. The molecule has 0 saturated heterocycles. The zero-order chi connectivity index (χ0) is 42.6. The minimum Gasteiger partial charge on any atom is -0.781 e. The van der Waals surface area contributed by atoms with Gasteiger partial charge < -0.3 is 55.9 Å². The van der Waals surface area contributed by atoms with Crippen molar-refractivity contribution in [3.63, 3.8) is 0 Å². The van der Waals surface area contributed by atoms with E-state index in [0.29, 0.717) is 26.4 Å². The summed E-state index contributed by atoms with van der Waals surface area (Å²) in [5, 5.41) is 0. The van der Waals surface area contributed by atoms with E-state index in [9.17, 15) is 37.8 Å². The molecular formula is C40H88MoO12P4. The third kappa shape index (κ3) is 85.4. The Morgan fingerprint density at radius 3 is 0.509 bits per heavy atom. The van der Waals surface area contributed by atoms with Crippen molar-refractivity contribution in [3.05, 3.63) is 0 Å². The Balaban J connectivity index is -0.000000210. The Morgan fingerprint density at radius 1 is 0.263 bits per heavy atom. The van der Waals surface area contributed by atoms with Gasteiger partial charge in [-0.2, -0.15) is 0 Å². The van der Waals surface area contributed by atoms with E-state index < -0.39 is 33.0 Å². The van der Waals surface area contributed by atoms with Gasteiger partial charge in [0, 0.05) is 0 Å². The van der Waals surface area contributed by atoms with Crippen LogP contribution in [-0.2, 0) is 57.4 Å². The molecule has 346 valence electrons. The van der Waals surface area contributed by atoms with Crippen molar-refractivity contribution < 1.29 is 77.0 Å². The average molecular weight is 981 g/mol. The fourth-order valence-electron chi connectivity index (χ4n) is 5.57. The first kappa shape index (κ1) is 67.4. The van der Waals surface area contributed by atoms with Crippen LogP contribution in [-0.4, -0.2) is 26.4 Å². The summed E-state index contributed by atoms with van der Waals surface area (Å²) in [6.45, 7) is 10.3. The Bertz CT molecular complexity index is 693. The van der Waals surface area contributed by atoms with Crippen LogP contribution in [0.3, 0.4) is 0 Å². The summed E-state index contributed by atoms with van der Waals surface area (Å²) in [5.41, 5.74) is 0. The van der Waals surface area contributed by atoms with Crippen LogP contribution in [0.15, 0.2) is 0 Å². The van der Waals surface area contributed by atoms with E-state index in [1.165, 1.54) is 154 Å². The van der Waals surface area contributed by atoms with E-state index in [-0.39, 0.29) is 21.1 Å². The molecule has 0 rings (SSSR count). The summed E-state index contributed by atoms with van der Waals surface area (Å²) < 4.78 is 58.1. The number of rotatable bonds is 40. The molecule has 4 atom stereocenters. The molecule has 4 unspecified atom stereocenters. The van der Waals surface area contributed by atoms with Crippen molar-refractivity contribution >= 4 is 33.0 Å². The van der Waals surface area contributed by atoms with Gasteiger partial charge in [-0.3, -0.25) is 0 Å². The minimum atomic E-state index is -2.94. The zero-order valence-corrected chi connectivity index (χ0v) is 42.8. The van der Waals surface area contributed by atoms with Crippen LogP contribution >= 0.6 is 33.0 Å². The predicted molar refractivity (Wildman–Crippen MR) is 230 cm³/mol. The SMILES string of the molecule is CCCCCCCCCCO[PH](=O)[O-].CCCCCCCCCCO[PH](=O)[O-].CCCCCCCCCCO[PH](=O)[O-].CCCCCCCCCCO[PH](=O)[O-].[Mo+4]. The first-order valence-electron chi connectivity index (χ1n) is 22.4. The van der Waals surface area contributed by atoms with Crippen LogP contribution in [0.4, 0.5) is 0 Å². The van der Waals surface area contributed by atoms with Crippen LogP contribution in [0.5, 0.6) is 0 Å². The molecule has 57 heavy (non-hydrogen) atoms. The van der Waals surface area contributed by atoms with Crippen molar-refractivity contribution in [2.24, 2.45) is 0 Å². The van der Waals surface area contributed by atoms with Gasteiger partial charge >= 0.3 is 21.1 Å². The fourth-order valence-corrected chi connectivity index (χ4v) is 6.81. The second kappa shape index (κ2) is 63.9. The zero-order valence-electron chi connectivity index (χ0n) is 36.8. The minimum absolute atomic E-state index is 0. The van der Waals surface area contributed by atoms with E-state index in [1.807, 2.05) is 0 Å². The van der Waals surface area contributed by atoms with Crippen LogP contribution in [0.25, 0.3) is 0 Å². The van der Waals surface area contributed by atoms with Gasteiger partial charge in [0.15, 0.2) is 0 Å². The summed E-state index contributed by atoms with van der Waals surface area (Å²) in [6.07, 6.45) is 38.8. The maximum atomic E-state index is 10.1. The normalized spacial score (nSPS) is 12.8. The maximum absolute atomic E-state index is 10.1. The molecule has 0 spiro atoms. The monoisotopic (exact) mass is 982 g/mol. The van der Waals surface area contributed by atoms with Gasteiger partial charge in [0.25, 0.3) is 0 Å². The molecule has 0 fully saturated rings. The third-order valence-corrected chi connectivity index (χ3v) is 10.6. The largest absolute Gasteiger partial charge is 4.00 e. The van der Waals surface area contributed by atoms with Gasteiger partial charge in [0.05, 0.1) is 26.4 Å². The molecule has 0 aliphatic carbocycles. The van der Waals surface area contributed by atoms with E-state index in [4.69, 9.17) is 0 Å². The van der Waals surface area contributed by atoms with Crippen LogP contribution in [0, 0.1) is 0 Å². The van der Waals surface area contributed by atoms with Gasteiger partial charge in [-0.05, 0) is 25.7 Å². The van der Waals surface area contributed by atoms with Gasteiger partial charge in [-0.25, -0.2) is 0 Å². The van der Waals surface area contributed by atoms with Gasteiger partial charge in [-0.15, -0.1) is 0 Å². The van der Waals surface area contributed by atoms with Crippen molar-refractivity contribution in [1.82, 2.24) is 0 Å². The molecule has 0 aliphatic rings. The molecule has 0 aromatic heterocycles. The van der Waals surface area contributed by atoms with E-state index in [0.717, 1.165) is 51.4 Å². The van der Waals surface area contributed by atoms with Gasteiger partial charge in [0.1, 0.15) is 33.0 Å². The molecule has 0 N–H and O–H groups in total. The number of unbranched alkanes of at least 4 members (excludes halogenated alkanes) is 28.